The van der Waals surface area contributed by atoms with Gasteiger partial charge in [-0.25, -0.2) is 0 Å². The molecule has 4 heteroatoms. The van der Waals surface area contributed by atoms with Crippen LogP contribution in [-0.2, 0) is 11.2 Å². The first-order valence-corrected chi connectivity index (χ1v) is 6.09. The Morgan fingerprint density at radius 3 is 2.65 bits per heavy atom. The zero-order chi connectivity index (χ0) is 11.9. The van der Waals surface area contributed by atoms with E-state index in [9.17, 15) is 0 Å². The first-order valence-electron chi connectivity index (χ1n) is 6.09. The molecule has 0 bridgehead atoms. The lowest BCUT2D eigenvalue weighted by Crippen LogP contribution is -2.22. The third-order valence-electron chi connectivity index (χ3n) is 3.14. The number of hydrogen-bond acceptors (Lipinski definition) is 4. The molecule has 0 spiro atoms. The lowest BCUT2D eigenvalue weighted by Gasteiger charge is -2.22. The van der Waals surface area contributed by atoms with Crippen LogP contribution >= 0.6 is 0 Å². The topological polar surface area (TPSA) is 54.7 Å². The van der Waals surface area contributed by atoms with E-state index in [4.69, 9.17) is 9.94 Å². The number of nitrogens with zero attached hydrogens (tertiary/aromatic N) is 2. The molecule has 1 aromatic heterocycles. The van der Waals surface area contributed by atoms with Crippen molar-refractivity contribution in [3.63, 3.8) is 0 Å². The van der Waals surface area contributed by atoms with Crippen LogP contribution in [0.4, 0.5) is 0 Å². The zero-order valence-corrected chi connectivity index (χ0v) is 9.88. The highest BCUT2D eigenvalue weighted by Gasteiger charge is 2.18. The fraction of sp³-hybridized carbons (Fsp3) is 0.538. The average molecular weight is 234 g/mol. The van der Waals surface area contributed by atoms with Gasteiger partial charge in [-0.2, -0.15) is 0 Å². The third-order valence-corrected chi connectivity index (χ3v) is 3.14. The zero-order valence-electron chi connectivity index (χ0n) is 9.88. The van der Waals surface area contributed by atoms with Gasteiger partial charge in [-0.3, -0.25) is 4.98 Å². The van der Waals surface area contributed by atoms with Crippen LogP contribution in [0.1, 0.15) is 31.2 Å². The van der Waals surface area contributed by atoms with E-state index in [0.29, 0.717) is 6.10 Å². The summed E-state index contributed by atoms with van der Waals surface area (Å²) in [6.07, 6.45) is 8.51. The van der Waals surface area contributed by atoms with Gasteiger partial charge in [-0.15, -0.1) is 0 Å². The Morgan fingerprint density at radius 2 is 2.00 bits per heavy atom. The van der Waals surface area contributed by atoms with E-state index in [-0.39, 0.29) is 0 Å². The van der Waals surface area contributed by atoms with E-state index in [1.165, 1.54) is 5.56 Å². The Kier molecular flexibility index (Phi) is 4.50. The summed E-state index contributed by atoms with van der Waals surface area (Å²) in [4.78, 5) is 3.98. The Labute approximate surface area is 101 Å². The molecule has 0 unspecified atom stereocenters. The summed E-state index contributed by atoms with van der Waals surface area (Å²) in [7, 11) is 0. The van der Waals surface area contributed by atoms with Crippen molar-refractivity contribution in [3.05, 3.63) is 30.1 Å². The van der Waals surface area contributed by atoms with Crippen LogP contribution in [0.5, 0.6) is 0 Å². The predicted octanol–water partition coefficient (Wildman–Crippen LogP) is 2.41. The van der Waals surface area contributed by atoms with Crippen LogP contribution < -0.4 is 0 Å². The molecule has 1 aliphatic rings. The molecule has 1 saturated carbocycles. The minimum Gasteiger partial charge on any atom is -0.411 e. The molecular weight excluding hydrogens is 216 g/mol. The maximum Gasteiger partial charge on any atom is 0.0582 e. The second-order valence-corrected chi connectivity index (χ2v) is 4.34. The fourth-order valence-electron chi connectivity index (χ4n) is 2.08. The minimum atomic E-state index is 0.322. The molecule has 1 aromatic rings. The molecule has 0 aliphatic heterocycles. The molecule has 1 N–H and O–H groups in total. The second kappa shape index (κ2) is 6.35. The summed E-state index contributed by atoms with van der Waals surface area (Å²) in [5, 5.41) is 11.9. The summed E-state index contributed by atoms with van der Waals surface area (Å²) in [5.41, 5.74) is 2.16. The number of pyridine rings is 1. The van der Waals surface area contributed by atoms with Crippen molar-refractivity contribution in [2.75, 3.05) is 6.61 Å². The summed E-state index contributed by atoms with van der Waals surface area (Å²) < 4.78 is 5.82. The molecule has 0 radical (unpaired) electrons. The monoisotopic (exact) mass is 234 g/mol. The predicted molar refractivity (Wildman–Crippen MR) is 65.4 cm³/mol. The van der Waals surface area contributed by atoms with E-state index >= 15 is 0 Å². The van der Waals surface area contributed by atoms with Crippen molar-refractivity contribution in [2.24, 2.45) is 5.16 Å². The van der Waals surface area contributed by atoms with Gasteiger partial charge in [-0.1, -0.05) is 5.16 Å². The second-order valence-electron chi connectivity index (χ2n) is 4.34. The number of ether oxygens (including phenoxy) is 1. The molecule has 4 nitrogen and oxygen atoms in total. The van der Waals surface area contributed by atoms with Gasteiger partial charge in [0.05, 0.1) is 18.4 Å². The van der Waals surface area contributed by atoms with Crippen molar-refractivity contribution in [3.8, 4) is 0 Å². The number of rotatable bonds is 4. The molecule has 0 atom stereocenters. The summed E-state index contributed by atoms with van der Waals surface area (Å²) >= 11 is 0. The number of hydrogen-bond donors (Lipinski definition) is 1. The first-order chi connectivity index (χ1) is 8.38. The van der Waals surface area contributed by atoms with Crippen LogP contribution in [0.3, 0.4) is 0 Å². The molecule has 92 valence electrons. The SMILES string of the molecule is ON=C1CCC(OCCc2ccncc2)CC1. The molecular formula is C13H18N2O2. The standard InChI is InChI=1S/C13H18N2O2/c16-15-12-1-3-13(4-2-12)17-10-7-11-5-8-14-9-6-11/h5-6,8-9,13,16H,1-4,7,10H2. The van der Waals surface area contributed by atoms with Crippen molar-refractivity contribution in [1.82, 2.24) is 4.98 Å². The molecule has 0 saturated heterocycles. The Hall–Kier alpha value is -1.42. The van der Waals surface area contributed by atoms with Gasteiger partial charge >= 0.3 is 0 Å². The number of aromatic nitrogens is 1. The molecule has 2 rings (SSSR count). The van der Waals surface area contributed by atoms with Crippen LogP contribution in [0.25, 0.3) is 0 Å². The third kappa shape index (κ3) is 3.82. The highest BCUT2D eigenvalue weighted by Crippen LogP contribution is 2.19. The molecule has 17 heavy (non-hydrogen) atoms. The summed E-state index contributed by atoms with van der Waals surface area (Å²) in [5.74, 6) is 0. The Morgan fingerprint density at radius 1 is 1.29 bits per heavy atom. The highest BCUT2D eigenvalue weighted by molar-refractivity contribution is 5.84. The van der Waals surface area contributed by atoms with E-state index in [1.807, 2.05) is 12.1 Å². The van der Waals surface area contributed by atoms with Gasteiger partial charge < -0.3 is 9.94 Å². The lowest BCUT2D eigenvalue weighted by atomic mass is 9.96. The maximum absolute atomic E-state index is 8.64. The lowest BCUT2D eigenvalue weighted by molar-refractivity contribution is 0.0418. The molecule has 1 heterocycles. The van der Waals surface area contributed by atoms with E-state index in [1.54, 1.807) is 12.4 Å². The van der Waals surface area contributed by atoms with Crippen LogP contribution in [-0.4, -0.2) is 28.6 Å². The molecule has 0 amide bonds. The van der Waals surface area contributed by atoms with Crippen molar-refractivity contribution < 1.29 is 9.94 Å². The Bertz CT molecular complexity index is 355. The van der Waals surface area contributed by atoms with Gasteiger partial charge in [0, 0.05) is 12.4 Å². The fourth-order valence-corrected chi connectivity index (χ4v) is 2.08. The normalized spacial score (nSPS) is 20.2. The van der Waals surface area contributed by atoms with Gasteiger partial charge in [0.15, 0.2) is 0 Å². The van der Waals surface area contributed by atoms with Crippen LogP contribution in [0, 0.1) is 0 Å². The summed E-state index contributed by atoms with van der Waals surface area (Å²) in [6.45, 7) is 0.750. The van der Waals surface area contributed by atoms with Gasteiger partial charge in [0.2, 0.25) is 0 Å². The van der Waals surface area contributed by atoms with Gasteiger partial charge in [-0.05, 0) is 49.8 Å². The molecule has 0 aromatic carbocycles. The van der Waals surface area contributed by atoms with Crippen LogP contribution in [0.15, 0.2) is 29.7 Å². The minimum absolute atomic E-state index is 0.322. The van der Waals surface area contributed by atoms with Gasteiger partial charge in [0.1, 0.15) is 0 Å². The van der Waals surface area contributed by atoms with E-state index in [0.717, 1.165) is 44.4 Å². The quantitative estimate of drug-likeness (QED) is 0.643. The largest absolute Gasteiger partial charge is 0.411 e. The highest BCUT2D eigenvalue weighted by atomic mass is 16.5. The van der Waals surface area contributed by atoms with Crippen LogP contribution in [0.2, 0.25) is 0 Å². The number of oxime groups is 1. The smallest absolute Gasteiger partial charge is 0.0582 e. The van der Waals surface area contributed by atoms with E-state index < -0.39 is 0 Å². The maximum atomic E-state index is 8.64. The first kappa shape index (κ1) is 12.0. The molecule has 1 aliphatic carbocycles. The Balaban J connectivity index is 1.66. The van der Waals surface area contributed by atoms with Crippen molar-refractivity contribution >= 4 is 5.71 Å². The van der Waals surface area contributed by atoms with Gasteiger partial charge in [0.25, 0.3) is 0 Å². The van der Waals surface area contributed by atoms with E-state index in [2.05, 4.69) is 10.1 Å². The van der Waals surface area contributed by atoms with Crippen molar-refractivity contribution in [2.45, 2.75) is 38.2 Å². The molecule has 1 fully saturated rings. The average Bonchev–Trinajstić information content (AvgIpc) is 2.41. The van der Waals surface area contributed by atoms with Crippen molar-refractivity contribution in [1.29, 1.82) is 0 Å². The summed E-state index contributed by atoms with van der Waals surface area (Å²) in [6, 6.07) is 4.03.